The van der Waals surface area contributed by atoms with Crippen LogP contribution in [0.25, 0.3) is 0 Å². The van der Waals surface area contributed by atoms with Gasteiger partial charge in [0, 0.05) is 61.8 Å². The molecule has 6 nitrogen and oxygen atoms in total. The third kappa shape index (κ3) is 4.19. The molecule has 4 heterocycles. The number of aromatic nitrogens is 2. The number of anilines is 1. The number of hydrogen-bond acceptors (Lipinski definition) is 6. The van der Waals surface area contributed by atoms with Crippen LogP contribution in [0, 0.1) is 0 Å². The van der Waals surface area contributed by atoms with Crippen molar-refractivity contribution in [3.63, 3.8) is 0 Å². The van der Waals surface area contributed by atoms with Crippen LogP contribution >= 0.6 is 0 Å². The summed E-state index contributed by atoms with van der Waals surface area (Å²) in [5, 5.41) is 0. The summed E-state index contributed by atoms with van der Waals surface area (Å²) in [6.45, 7) is 13.7. The van der Waals surface area contributed by atoms with Gasteiger partial charge in [-0.2, -0.15) is 0 Å². The zero-order valence-electron chi connectivity index (χ0n) is 18.2. The van der Waals surface area contributed by atoms with Gasteiger partial charge in [0.15, 0.2) is 0 Å². The van der Waals surface area contributed by atoms with Crippen molar-refractivity contribution in [3.05, 3.63) is 18.0 Å². The molecule has 0 N–H and O–H groups in total. The molecule has 1 aromatic rings. The first-order chi connectivity index (χ1) is 13.5. The fourth-order valence-electron chi connectivity index (χ4n) is 5.28. The molecule has 3 aliphatic rings. The van der Waals surface area contributed by atoms with Gasteiger partial charge in [-0.25, -0.2) is 9.97 Å². The van der Waals surface area contributed by atoms with E-state index in [1.807, 2.05) is 0 Å². The normalized spacial score (nSPS) is 27.3. The Kier molecular flexibility index (Phi) is 6.18. The zero-order chi connectivity index (χ0) is 19.7. The topological polar surface area (TPSA) is 38.7 Å². The van der Waals surface area contributed by atoms with Crippen molar-refractivity contribution >= 4 is 5.95 Å². The maximum absolute atomic E-state index is 4.80. The van der Waals surface area contributed by atoms with Crippen molar-refractivity contribution in [2.24, 2.45) is 0 Å². The van der Waals surface area contributed by atoms with E-state index in [1.165, 1.54) is 44.3 Å². The molecule has 0 amide bonds. The monoisotopic (exact) mass is 386 g/mol. The smallest absolute Gasteiger partial charge is 0.225 e. The molecule has 0 spiro atoms. The standard InChI is InChI=1S/C22H38N6/c1-5-25(4)19-8-10-26(11-9-19)14-18-12-23-22(24-13-18)28-20-6-7-21(28)16-27(15-20)17(2)3/h12-13,17,19-21H,5-11,14-16H2,1-4H3. The van der Waals surface area contributed by atoms with E-state index in [4.69, 9.17) is 9.97 Å². The molecule has 2 atom stereocenters. The maximum Gasteiger partial charge on any atom is 0.225 e. The highest BCUT2D eigenvalue weighted by Gasteiger charge is 2.41. The van der Waals surface area contributed by atoms with Gasteiger partial charge in [-0.1, -0.05) is 6.92 Å². The fraction of sp³-hybridized carbons (Fsp3) is 0.818. The Labute approximate surface area is 170 Å². The van der Waals surface area contributed by atoms with Crippen molar-refractivity contribution < 1.29 is 0 Å². The summed E-state index contributed by atoms with van der Waals surface area (Å²) >= 11 is 0. The van der Waals surface area contributed by atoms with Gasteiger partial charge in [0.05, 0.1) is 0 Å². The van der Waals surface area contributed by atoms with Crippen LogP contribution in [-0.2, 0) is 6.54 Å². The van der Waals surface area contributed by atoms with Gasteiger partial charge in [-0.15, -0.1) is 0 Å². The second-order valence-electron chi connectivity index (χ2n) is 9.31. The van der Waals surface area contributed by atoms with E-state index < -0.39 is 0 Å². The Morgan fingerprint density at radius 3 is 2.18 bits per heavy atom. The Bertz CT molecular complexity index is 610. The lowest BCUT2D eigenvalue weighted by Gasteiger charge is -2.42. The molecule has 0 aromatic carbocycles. The van der Waals surface area contributed by atoms with Gasteiger partial charge in [-0.3, -0.25) is 9.80 Å². The number of piperidine rings is 1. The molecule has 0 aliphatic carbocycles. The average Bonchev–Trinajstić information content (AvgIpc) is 2.97. The minimum Gasteiger partial charge on any atom is -0.332 e. The predicted molar refractivity (Wildman–Crippen MR) is 115 cm³/mol. The lowest BCUT2D eigenvalue weighted by molar-refractivity contribution is 0.127. The summed E-state index contributed by atoms with van der Waals surface area (Å²) in [5.74, 6) is 0.947. The summed E-state index contributed by atoms with van der Waals surface area (Å²) in [7, 11) is 2.25. The van der Waals surface area contributed by atoms with Gasteiger partial charge in [0.25, 0.3) is 0 Å². The lowest BCUT2D eigenvalue weighted by atomic mass is 10.0. The third-order valence-electron chi connectivity index (χ3n) is 7.25. The molecule has 4 rings (SSSR count). The lowest BCUT2D eigenvalue weighted by Crippen LogP contribution is -2.56. The number of hydrogen-bond donors (Lipinski definition) is 0. The van der Waals surface area contributed by atoms with Gasteiger partial charge < -0.3 is 9.80 Å². The summed E-state index contributed by atoms with van der Waals surface area (Å²) < 4.78 is 0. The van der Waals surface area contributed by atoms with Crippen LogP contribution in [0.3, 0.4) is 0 Å². The van der Waals surface area contributed by atoms with Crippen molar-refractivity contribution in [1.82, 2.24) is 24.7 Å². The summed E-state index contributed by atoms with van der Waals surface area (Å²) in [5.41, 5.74) is 1.25. The minimum absolute atomic E-state index is 0.585. The summed E-state index contributed by atoms with van der Waals surface area (Å²) in [6.07, 6.45) is 9.24. The number of piperazine rings is 1. The highest BCUT2D eigenvalue weighted by molar-refractivity contribution is 5.37. The van der Waals surface area contributed by atoms with Crippen LogP contribution in [0.5, 0.6) is 0 Å². The van der Waals surface area contributed by atoms with E-state index in [1.54, 1.807) is 0 Å². The summed E-state index contributed by atoms with van der Waals surface area (Å²) in [6, 6.07) is 2.55. The second-order valence-corrected chi connectivity index (χ2v) is 9.31. The Morgan fingerprint density at radius 2 is 1.64 bits per heavy atom. The predicted octanol–water partition coefficient (Wildman–Crippen LogP) is 2.45. The molecule has 2 bridgehead atoms. The Morgan fingerprint density at radius 1 is 1.04 bits per heavy atom. The molecule has 1 aromatic heterocycles. The molecule has 156 valence electrons. The van der Waals surface area contributed by atoms with Crippen molar-refractivity contribution in [3.8, 4) is 0 Å². The first-order valence-electron chi connectivity index (χ1n) is 11.3. The van der Waals surface area contributed by atoms with Crippen LogP contribution in [0.1, 0.15) is 52.0 Å². The molecular weight excluding hydrogens is 348 g/mol. The van der Waals surface area contributed by atoms with E-state index in [-0.39, 0.29) is 0 Å². The SMILES string of the molecule is CCN(C)C1CCN(Cc2cnc(N3C4CCC3CN(C(C)C)C4)nc2)CC1. The summed E-state index contributed by atoms with van der Waals surface area (Å²) in [4.78, 5) is 19.8. The fourth-order valence-corrected chi connectivity index (χ4v) is 5.28. The Balaban J connectivity index is 1.33. The molecule has 28 heavy (non-hydrogen) atoms. The molecular formula is C22H38N6. The van der Waals surface area contributed by atoms with Gasteiger partial charge in [-0.05, 0) is 66.2 Å². The van der Waals surface area contributed by atoms with Crippen LogP contribution in [0.2, 0.25) is 0 Å². The minimum atomic E-state index is 0.585. The van der Waals surface area contributed by atoms with Gasteiger partial charge in [0.1, 0.15) is 0 Å². The van der Waals surface area contributed by atoms with E-state index in [0.717, 1.165) is 38.2 Å². The quantitative estimate of drug-likeness (QED) is 0.748. The van der Waals surface area contributed by atoms with Crippen molar-refractivity contribution in [1.29, 1.82) is 0 Å². The second kappa shape index (κ2) is 8.64. The first-order valence-corrected chi connectivity index (χ1v) is 11.3. The molecule has 3 aliphatic heterocycles. The zero-order valence-corrected chi connectivity index (χ0v) is 18.2. The molecule has 3 fully saturated rings. The highest BCUT2D eigenvalue weighted by atomic mass is 15.4. The molecule has 3 saturated heterocycles. The van der Waals surface area contributed by atoms with Crippen LogP contribution in [0.4, 0.5) is 5.95 Å². The van der Waals surface area contributed by atoms with Gasteiger partial charge >= 0.3 is 0 Å². The van der Waals surface area contributed by atoms with Crippen molar-refractivity contribution in [2.75, 3.05) is 44.7 Å². The van der Waals surface area contributed by atoms with E-state index in [2.05, 4.69) is 59.8 Å². The van der Waals surface area contributed by atoms with Gasteiger partial charge in [0.2, 0.25) is 5.95 Å². The number of rotatable bonds is 6. The van der Waals surface area contributed by atoms with E-state index in [0.29, 0.717) is 18.1 Å². The molecule has 6 heteroatoms. The first kappa shape index (κ1) is 20.0. The largest absolute Gasteiger partial charge is 0.332 e. The maximum atomic E-state index is 4.80. The van der Waals surface area contributed by atoms with E-state index >= 15 is 0 Å². The number of likely N-dealkylation sites (tertiary alicyclic amines) is 2. The molecule has 0 saturated carbocycles. The number of fused-ring (bicyclic) bond motifs is 2. The number of nitrogens with zero attached hydrogens (tertiary/aromatic N) is 6. The highest BCUT2D eigenvalue weighted by Crippen LogP contribution is 2.33. The molecule has 0 radical (unpaired) electrons. The molecule has 2 unspecified atom stereocenters. The van der Waals surface area contributed by atoms with Crippen LogP contribution < -0.4 is 4.90 Å². The van der Waals surface area contributed by atoms with Crippen LogP contribution in [0.15, 0.2) is 12.4 Å². The van der Waals surface area contributed by atoms with Crippen molar-refractivity contribution in [2.45, 2.75) is 77.2 Å². The average molecular weight is 387 g/mol. The third-order valence-corrected chi connectivity index (χ3v) is 7.25. The van der Waals surface area contributed by atoms with Crippen LogP contribution in [-0.4, -0.2) is 88.6 Å². The Hall–Kier alpha value is -1.24. The van der Waals surface area contributed by atoms with E-state index in [9.17, 15) is 0 Å².